The lowest BCUT2D eigenvalue weighted by Crippen LogP contribution is -2.53. The van der Waals surface area contributed by atoms with Crippen LogP contribution in [-0.2, 0) is 0 Å². The number of aliphatic hydroxyl groups is 1. The van der Waals surface area contributed by atoms with Crippen molar-refractivity contribution in [2.24, 2.45) is 34.5 Å². The standard InChI is InChI=1S/C21H34O/c1-4-14-6-8-18-17-7-5-15-13-16(22)9-11-21(15,3)19(17)10-12-20(14,18)2/h4,15-19,22H,5-13H2,1-3H3/t15-,16?,17-,18+,19-,20+,21-/m0/s1. The minimum absolute atomic E-state index is 0.00964. The lowest BCUT2D eigenvalue weighted by molar-refractivity contribution is -0.116. The molecule has 0 aliphatic heterocycles. The Bertz CT molecular complexity index is 480. The van der Waals surface area contributed by atoms with Gasteiger partial charge in [0.15, 0.2) is 0 Å². The number of hydrogen-bond acceptors (Lipinski definition) is 1. The average molecular weight is 303 g/mol. The van der Waals surface area contributed by atoms with E-state index in [0.29, 0.717) is 10.8 Å². The first-order chi connectivity index (χ1) is 10.5. The van der Waals surface area contributed by atoms with Gasteiger partial charge in [0.05, 0.1) is 6.10 Å². The molecule has 1 heteroatoms. The van der Waals surface area contributed by atoms with E-state index in [0.717, 1.165) is 36.5 Å². The van der Waals surface area contributed by atoms with E-state index < -0.39 is 0 Å². The maximum Gasteiger partial charge on any atom is 0.0543 e. The van der Waals surface area contributed by atoms with Crippen LogP contribution in [0.5, 0.6) is 0 Å². The van der Waals surface area contributed by atoms with Crippen molar-refractivity contribution in [1.29, 1.82) is 0 Å². The molecule has 0 bridgehead atoms. The summed E-state index contributed by atoms with van der Waals surface area (Å²) in [6, 6.07) is 0. The van der Waals surface area contributed by atoms with E-state index in [-0.39, 0.29) is 6.10 Å². The Kier molecular flexibility index (Phi) is 3.53. The molecule has 4 rings (SSSR count). The summed E-state index contributed by atoms with van der Waals surface area (Å²) < 4.78 is 0. The van der Waals surface area contributed by atoms with Crippen LogP contribution >= 0.6 is 0 Å². The summed E-state index contributed by atoms with van der Waals surface area (Å²) in [7, 11) is 0. The van der Waals surface area contributed by atoms with Crippen LogP contribution in [0.4, 0.5) is 0 Å². The van der Waals surface area contributed by atoms with Crippen molar-refractivity contribution in [3.63, 3.8) is 0 Å². The van der Waals surface area contributed by atoms with Crippen molar-refractivity contribution in [3.05, 3.63) is 11.6 Å². The van der Waals surface area contributed by atoms with Gasteiger partial charge in [-0.25, -0.2) is 0 Å². The quantitative estimate of drug-likeness (QED) is 0.599. The molecule has 0 radical (unpaired) electrons. The number of allylic oxidation sites excluding steroid dienone is 2. The molecule has 1 N–H and O–H groups in total. The molecule has 0 aromatic rings. The van der Waals surface area contributed by atoms with E-state index in [1.54, 1.807) is 5.57 Å². The van der Waals surface area contributed by atoms with Crippen LogP contribution in [0.1, 0.15) is 78.6 Å². The summed E-state index contributed by atoms with van der Waals surface area (Å²) in [5, 5.41) is 10.1. The van der Waals surface area contributed by atoms with Crippen molar-refractivity contribution in [3.8, 4) is 0 Å². The van der Waals surface area contributed by atoms with E-state index in [4.69, 9.17) is 0 Å². The molecule has 0 spiro atoms. The molecule has 1 nitrogen and oxygen atoms in total. The smallest absolute Gasteiger partial charge is 0.0543 e. The molecule has 0 amide bonds. The van der Waals surface area contributed by atoms with Gasteiger partial charge in [-0.15, -0.1) is 0 Å². The highest BCUT2D eigenvalue weighted by Crippen LogP contribution is 2.67. The van der Waals surface area contributed by atoms with Gasteiger partial charge in [0.2, 0.25) is 0 Å². The Morgan fingerprint density at radius 1 is 1.00 bits per heavy atom. The first-order valence-corrected chi connectivity index (χ1v) is 9.83. The highest BCUT2D eigenvalue weighted by atomic mass is 16.3. The second kappa shape index (κ2) is 5.10. The fraction of sp³-hybridized carbons (Fsp3) is 0.905. The summed E-state index contributed by atoms with van der Waals surface area (Å²) in [6.45, 7) is 7.43. The van der Waals surface area contributed by atoms with Crippen LogP contribution in [-0.4, -0.2) is 11.2 Å². The van der Waals surface area contributed by atoms with Crippen LogP contribution in [0.2, 0.25) is 0 Å². The SMILES string of the molecule is CC=C1CC[C@@H]2[C@@H]3CC[C@H]4CC(O)CC[C@]4(C)[C@H]3CC[C@]12C. The minimum atomic E-state index is -0.00964. The summed E-state index contributed by atoms with van der Waals surface area (Å²) in [4.78, 5) is 0. The number of fused-ring (bicyclic) bond motifs is 5. The minimum Gasteiger partial charge on any atom is -0.393 e. The average Bonchev–Trinajstić information content (AvgIpc) is 2.84. The molecule has 0 aromatic heterocycles. The zero-order valence-electron chi connectivity index (χ0n) is 14.8. The van der Waals surface area contributed by atoms with Crippen LogP contribution in [0.3, 0.4) is 0 Å². The predicted molar refractivity (Wildman–Crippen MR) is 91.5 cm³/mol. The number of hydrogen-bond donors (Lipinski definition) is 1. The van der Waals surface area contributed by atoms with Gasteiger partial charge < -0.3 is 5.11 Å². The third-order valence-electron chi connectivity index (χ3n) is 8.83. The van der Waals surface area contributed by atoms with Crippen LogP contribution < -0.4 is 0 Å². The van der Waals surface area contributed by atoms with E-state index in [1.165, 1.54) is 44.9 Å². The maximum absolute atomic E-state index is 10.1. The summed E-state index contributed by atoms with van der Waals surface area (Å²) in [5.74, 6) is 3.65. The summed E-state index contributed by atoms with van der Waals surface area (Å²) >= 11 is 0. The van der Waals surface area contributed by atoms with E-state index in [9.17, 15) is 5.11 Å². The van der Waals surface area contributed by atoms with Gasteiger partial charge in [-0.3, -0.25) is 0 Å². The molecule has 0 heterocycles. The van der Waals surface area contributed by atoms with Crippen molar-refractivity contribution in [2.45, 2.75) is 84.7 Å². The molecule has 4 fully saturated rings. The number of rotatable bonds is 0. The molecule has 0 saturated heterocycles. The van der Waals surface area contributed by atoms with Crippen LogP contribution in [0, 0.1) is 34.5 Å². The van der Waals surface area contributed by atoms with Gasteiger partial charge in [-0.1, -0.05) is 25.5 Å². The van der Waals surface area contributed by atoms with Crippen molar-refractivity contribution in [2.75, 3.05) is 0 Å². The second-order valence-corrected chi connectivity index (χ2v) is 9.39. The Hall–Kier alpha value is -0.300. The van der Waals surface area contributed by atoms with Crippen molar-refractivity contribution in [1.82, 2.24) is 0 Å². The summed E-state index contributed by atoms with van der Waals surface area (Å²) in [5.41, 5.74) is 2.82. The molecule has 1 unspecified atom stereocenters. The molecular formula is C21H34O. The van der Waals surface area contributed by atoms with E-state index in [2.05, 4.69) is 26.8 Å². The van der Waals surface area contributed by atoms with Crippen LogP contribution in [0.25, 0.3) is 0 Å². The van der Waals surface area contributed by atoms with Gasteiger partial charge >= 0.3 is 0 Å². The Morgan fingerprint density at radius 3 is 2.59 bits per heavy atom. The number of aliphatic hydroxyl groups excluding tert-OH is 1. The van der Waals surface area contributed by atoms with Crippen molar-refractivity contribution < 1.29 is 5.11 Å². The highest BCUT2D eigenvalue weighted by Gasteiger charge is 2.58. The van der Waals surface area contributed by atoms with Gasteiger partial charge in [0.25, 0.3) is 0 Å². The van der Waals surface area contributed by atoms with Gasteiger partial charge in [-0.05, 0) is 99.2 Å². The first-order valence-electron chi connectivity index (χ1n) is 9.83. The maximum atomic E-state index is 10.1. The second-order valence-electron chi connectivity index (χ2n) is 9.39. The monoisotopic (exact) mass is 302 g/mol. The van der Waals surface area contributed by atoms with Crippen molar-refractivity contribution >= 4 is 0 Å². The predicted octanol–water partition coefficient (Wildman–Crippen LogP) is 5.34. The fourth-order valence-electron chi connectivity index (χ4n) is 7.56. The third kappa shape index (κ3) is 1.93. The molecule has 7 atom stereocenters. The molecular weight excluding hydrogens is 268 g/mol. The molecule has 4 aliphatic carbocycles. The Morgan fingerprint density at radius 2 is 1.82 bits per heavy atom. The lowest BCUT2D eigenvalue weighted by Gasteiger charge is -2.60. The normalized spacial score (nSPS) is 56.4. The molecule has 124 valence electrons. The summed E-state index contributed by atoms with van der Waals surface area (Å²) in [6.07, 6.45) is 14.3. The Labute approximate surface area is 136 Å². The largest absolute Gasteiger partial charge is 0.393 e. The topological polar surface area (TPSA) is 20.2 Å². The van der Waals surface area contributed by atoms with E-state index >= 15 is 0 Å². The van der Waals surface area contributed by atoms with Gasteiger partial charge in [0, 0.05) is 0 Å². The highest BCUT2D eigenvalue weighted by molar-refractivity contribution is 5.23. The zero-order chi connectivity index (χ0) is 15.5. The first kappa shape index (κ1) is 15.2. The van der Waals surface area contributed by atoms with Gasteiger partial charge in [-0.2, -0.15) is 0 Å². The fourth-order valence-corrected chi connectivity index (χ4v) is 7.56. The molecule has 4 saturated carbocycles. The molecule has 4 aliphatic rings. The van der Waals surface area contributed by atoms with Crippen LogP contribution in [0.15, 0.2) is 11.6 Å². The third-order valence-corrected chi connectivity index (χ3v) is 8.83. The molecule has 0 aromatic carbocycles. The Balaban J connectivity index is 1.63. The van der Waals surface area contributed by atoms with E-state index in [1.807, 2.05) is 0 Å². The molecule has 22 heavy (non-hydrogen) atoms. The lowest BCUT2D eigenvalue weighted by atomic mass is 9.45. The zero-order valence-corrected chi connectivity index (χ0v) is 14.8. The van der Waals surface area contributed by atoms with Gasteiger partial charge in [0.1, 0.15) is 0 Å².